The van der Waals surface area contributed by atoms with Crippen molar-refractivity contribution in [2.75, 3.05) is 45.9 Å². The molecule has 2 aliphatic rings. The standard InChI is InChI=1S/C15H30N2O2/c1-3-6-16-10-15(5-8-19-12-15)11-17-7-4-14(18)13(2)9-17/h13-14,16,18H,3-12H2,1-2H3. The molecule has 2 saturated heterocycles. The monoisotopic (exact) mass is 270 g/mol. The number of hydrogen-bond acceptors (Lipinski definition) is 4. The van der Waals surface area contributed by atoms with E-state index >= 15 is 0 Å². The Balaban J connectivity index is 1.86. The molecular formula is C15H30N2O2. The van der Waals surface area contributed by atoms with E-state index < -0.39 is 0 Å². The molecule has 0 radical (unpaired) electrons. The Hall–Kier alpha value is -0.160. The number of aliphatic hydroxyl groups is 1. The van der Waals surface area contributed by atoms with Gasteiger partial charge in [0.25, 0.3) is 0 Å². The Morgan fingerprint density at radius 1 is 1.47 bits per heavy atom. The van der Waals surface area contributed by atoms with Crippen LogP contribution in [0.3, 0.4) is 0 Å². The predicted molar refractivity (Wildman–Crippen MR) is 77.3 cm³/mol. The van der Waals surface area contributed by atoms with Gasteiger partial charge in [-0.15, -0.1) is 0 Å². The maximum absolute atomic E-state index is 9.83. The van der Waals surface area contributed by atoms with Gasteiger partial charge in [0.15, 0.2) is 0 Å². The molecule has 0 bridgehead atoms. The van der Waals surface area contributed by atoms with E-state index in [1.54, 1.807) is 0 Å². The second-order valence-electron chi connectivity index (χ2n) is 6.55. The maximum atomic E-state index is 9.83. The maximum Gasteiger partial charge on any atom is 0.0590 e. The lowest BCUT2D eigenvalue weighted by atomic mass is 9.85. The molecule has 2 fully saturated rings. The first-order chi connectivity index (χ1) is 9.15. The van der Waals surface area contributed by atoms with Gasteiger partial charge in [-0.25, -0.2) is 0 Å². The van der Waals surface area contributed by atoms with Crippen molar-refractivity contribution < 1.29 is 9.84 Å². The van der Waals surface area contributed by atoms with Gasteiger partial charge < -0.3 is 20.1 Å². The first-order valence-corrected chi connectivity index (χ1v) is 7.84. The van der Waals surface area contributed by atoms with Crippen LogP contribution in [0.15, 0.2) is 0 Å². The van der Waals surface area contributed by atoms with Gasteiger partial charge in [-0.05, 0) is 31.7 Å². The third-order valence-electron chi connectivity index (χ3n) is 4.61. The summed E-state index contributed by atoms with van der Waals surface area (Å²) in [7, 11) is 0. The molecule has 4 heteroatoms. The van der Waals surface area contributed by atoms with Crippen LogP contribution in [0.4, 0.5) is 0 Å². The lowest BCUT2D eigenvalue weighted by Gasteiger charge is -2.40. The number of aliphatic hydroxyl groups excluding tert-OH is 1. The number of rotatable bonds is 6. The number of likely N-dealkylation sites (tertiary alicyclic amines) is 1. The van der Waals surface area contributed by atoms with Crippen molar-refractivity contribution in [2.24, 2.45) is 11.3 Å². The summed E-state index contributed by atoms with van der Waals surface area (Å²) in [5.74, 6) is 0.400. The number of ether oxygens (including phenoxy) is 1. The molecule has 0 aliphatic carbocycles. The highest BCUT2D eigenvalue weighted by atomic mass is 16.5. The van der Waals surface area contributed by atoms with Crippen LogP contribution in [0.5, 0.6) is 0 Å². The van der Waals surface area contributed by atoms with Crippen molar-refractivity contribution in [3.05, 3.63) is 0 Å². The van der Waals surface area contributed by atoms with Gasteiger partial charge >= 0.3 is 0 Å². The molecule has 112 valence electrons. The lowest BCUT2D eigenvalue weighted by molar-refractivity contribution is 0.0137. The number of nitrogens with one attached hydrogen (secondary N) is 1. The van der Waals surface area contributed by atoms with Gasteiger partial charge in [0, 0.05) is 38.2 Å². The van der Waals surface area contributed by atoms with Gasteiger partial charge in [0.05, 0.1) is 12.7 Å². The van der Waals surface area contributed by atoms with Crippen LogP contribution < -0.4 is 5.32 Å². The fraction of sp³-hybridized carbons (Fsp3) is 1.00. The van der Waals surface area contributed by atoms with E-state index in [2.05, 4.69) is 24.1 Å². The summed E-state index contributed by atoms with van der Waals surface area (Å²) >= 11 is 0. The first-order valence-electron chi connectivity index (χ1n) is 7.84. The van der Waals surface area contributed by atoms with Crippen LogP contribution in [0, 0.1) is 11.3 Å². The molecule has 2 N–H and O–H groups in total. The quantitative estimate of drug-likeness (QED) is 0.709. The molecule has 0 amide bonds. The summed E-state index contributed by atoms with van der Waals surface area (Å²) in [5, 5.41) is 13.4. The highest BCUT2D eigenvalue weighted by Gasteiger charge is 2.37. The van der Waals surface area contributed by atoms with Gasteiger partial charge in [0.1, 0.15) is 0 Å². The fourth-order valence-corrected chi connectivity index (χ4v) is 3.34. The smallest absolute Gasteiger partial charge is 0.0590 e. The molecule has 19 heavy (non-hydrogen) atoms. The minimum atomic E-state index is -0.106. The van der Waals surface area contributed by atoms with E-state index in [1.807, 2.05) is 0 Å². The summed E-state index contributed by atoms with van der Waals surface area (Å²) in [6.45, 7) is 11.5. The minimum Gasteiger partial charge on any atom is -0.393 e. The van der Waals surface area contributed by atoms with E-state index in [0.29, 0.717) is 5.92 Å². The summed E-state index contributed by atoms with van der Waals surface area (Å²) in [5.41, 5.74) is 0.289. The van der Waals surface area contributed by atoms with Crippen molar-refractivity contribution in [1.82, 2.24) is 10.2 Å². The van der Waals surface area contributed by atoms with Crippen LogP contribution in [0.1, 0.15) is 33.1 Å². The third kappa shape index (κ3) is 4.15. The van der Waals surface area contributed by atoms with E-state index in [4.69, 9.17) is 4.74 Å². The van der Waals surface area contributed by atoms with Crippen molar-refractivity contribution in [3.63, 3.8) is 0 Å². The molecule has 0 aromatic rings. The van der Waals surface area contributed by atoms with Crippen LogP contribution in [0.2, 0.25) is 0 Å². The van der Waals surface area contributed by atoms with E-state index in [1.165, 1.54) is 6.42 Å². The summed E-state index contributed by atoms with van der Waals surface area (Å²) in [6.07, 6.45) is 3.16. The van der Waals surface area contributed by atoms with Gasteiger partial charge in [-0.1, -0.05) is 13.8 Å². The minimum absolute atomic E-state index is 0.106. The summed E-state index contributed by atoms with van der Waals surface area (Å²) in [6, 6.07) is 0. The second-order valence-corrected chi connectivity index (χ2v) is 6.55. The van der Waals surface area contributed by atoms with Crippen molar-refractivity contribution >= 4 is 0 Å². The molecule has 3 atom stereocenters. The third-order valence-corrected chi connectivity index (χ3v) is 4.61. The van der Waals surface area contributed by atoms with Crippen molar-refractivity contribution in [3.8, 4) is 0 Å². The average molecular weight is 270 g/mol. The average Bonchev–Trinajstić information content (AvgIpc) is 2.83. The molecule has 4 nitrogen and oxygen atoms in total. The van der Waals surface area contributed by atoms with E-state index in [9.17, 15) is 5.11 Å². The number of piperidine rings is 1. The molecule has 2 rings (SSSR count). The number of nitrogens with zero attached hydrogens (tertiary/aromatic N) is 1. The van der Waals surface area contributed by atoms with Crippen LogP contribution in [0.25, 0.3) is 0 Å². The molecule has 0 spiro atoms. The summed E-state index contributed by atoms with van der Waals surface area (Å²) in [4.78, 5) is 2.53. The topological polar surface area (TPSA) is 44.7 Å². The van der Waals surface area contributed by atoms with Gasteiger partial charge in [0.2, 0.25) is 0 Å². The second kappa shape index (κ2) is 7.02. The zero-order valence-electron chi connectivity index (χ0n) is 12.5. The van der Waals surface area contributed by atoms with Crippen LogP contribution in [-0.4, -0.2) is 62.0 Å². The molecule has 3 unspecified atom stereocenters. The van der Waals surface area contributed by atoms with E-state index in [-0.39, 0.29) is 11.5 Å². The summed E-state index contributed by atoms with van der Waals surface area (Å²) < 4.78 is 5.66. The Bertz CT molecular complexity index is 267. The largest absolute Gasteiger partial charge is 0.393 e. The van der Waals surface area contributed by atoms with Crippen molar-refractivity contribution in [2.45, 2.75) is 39.2 Å². The Kier molecular flexibility index (Phi) is 5.63. The molecule has 2 heterocycles. The Morgan fingerprint density at radius 2 is 2.32 bits per heavy atom. The molecular weight excluding hydrogens is 240 g/mol. The Morgan fingerprint density at radius 3 is 2.95 bits per heavy atom. The van der Waals surface area contributed by atoms with E-state index in [0.717, 1.165) is 58.8 Å². The SMILES string of the molecule is CCCNCC1(CN2CCC(O)C(C)C2)CCOC1. The Labute approximate surface area is 117 Å². The lowest BCUT2D eigenvalue weighted by Crippen LogP contribution is -2.50. The highest BCUT2D eigenvalue weighted by Crippen LogP contribution is 2.30. The molecule has 0 aromatic heterocycles. The van der Waals surface area contributed by atoms with Crippen molar-refractivity contribution in [1.29, 1.82) is 0 Å². The zero-order valence-corrected chi connectivity index (χ0v) is 12.5. The highest BCUT2D eigenvalue weighted by molar-refractivity contribution is 4.90. The normalized spacial score (nSPS) is 36.8. The fourth-order valence-electron chi connectivity index (χ4n) is 3.34. The van der Waals surface area contributed by atoms with Gasteiger partial charge in [-0.3, -0.25) is 0 Å². The number of hydrogen-bond donors (Lipinski definition) is 2. The van der Waals surface area contributed by atoms with Crippen LogP contribution in [-0.2, 0) is 4.74 Å². The van der Waals surface area contributed by atoms with Gasteiger partial charge in [-0.2, -0.15) is 0 Å². The molecule has 2 aliphatic heterocycles. The predicted octanol–water partition coefficient (Wildman–Crippen LogP) is 1.10. The molecule has 0 saturated carbocycles. The van der Waals surface area contributed by atoms with Crippen LogP contribution >= 0.6 is 0 Å². The first kappa shape index (κ1) is 15.2. The zero-order chi connectivity index (χ0) is 13.7. The molecule has 0 aromatic carbocycles.